The molecule has 0 bridgehead atoms. The predicted octanol–water partition coefficient (Wildman–Crippen LogP) is 4.47. The van der Waals surface area contributed by atoms with Crippen LogP contribution in [0.1, 0.15) is 12.5 Å². The highest BCUT2D eigenvalue weighted by Crippen LogP contribution is 2.31. The Hall–Kier alpha value is -2.88. The second-order valence-electron chi connectivity index (χ2n) is 5.18. The van der Waals surface area contributed by atoms with E-state index in [1.54, 1.807) is 6.33 Å². The molecule has 0 aliphatic heterocycles. The quantitative estimate of drug-likeness (QED) is 0.605. The van der Waals surface area contributed by atoms with Crippen molar-refractivity contribution in [2.24, 2.45) is 0 Å². The second kappa shape index (κ2) is 5.15. The molecule has 22 heavy (non-hydrogen) atoms. The minimum Gasteiger partial charge on any atom is -0.437 e. The minimum atomic E-state index is 0.547. The minimum absolute atomic E-state index is 0.547. The van der Waals surface area contributed by atoms with Gasteiger partial charge in [-0.25, -0.2) is 4.98 Å². The summed E-state index contributed by atoms with van der Waals surface area (Å²) in [6.45, 7) is 2.15. The molecule has 4 nitrogen and oxygen atoms in total. The summed E-state index contributed by atoms with van der Waals surface area (Å²) >= 11 is 0. The van der Waals surface area contributed by atoms with Crippen LogP contribution in [0.2, 0.25) is 0 Å². The van der Waals surface area contributed by atoms with Gasteiger partial charge in [0.1, 0.15) is 23.1 Å². The maximum atomic E-state index is 5.90. The zero-order chi connectivity index (χ0) is 14.9. The van der Waals surface area contributed by atoms with Crippen molar-refractivity contribution in [3.05, 3.63) is 60.4 Å². The van der Waals surface area contributed by atoms with Gasteiger partial charge in [-0.05, 0) is 36.2 Å². The van der Waals surface area contributed by atoms with E-state index in [1.165, 1.54) is 5.56 Å². The van der Waals surface area contributed by atoms with E-state index in [1.807, 2.05) is 30.3 Å². The van der Waals surface area contributed by atoms with E-state index in [0.29, 0.717) is 5.88 Å². The Kier molecular flexibility index (Phi) is 3.00. The molecule has 4 rings (SSSR count). The van der Waals surface area contributed by atoms with Crippen molar-refractivity contribution in [1.29, 1.82) is 0 Å². The van der Waals surface area contributed by atoms with Gasteiger partial charge in [-0.2, -0.15) is 4.98 Å². The van der Waals surface area contributed by atoms with Gasteiger partial charge in [0.05, 0.1) is 0 Å². The molecule has 2 heterocycles. The van der Waals surface area contributed by atoms with Crippen LogP contribution in [0.25, 0.3) is 21.9 Å². The van der Waals surface area contributed by atoms with E-state index >= 15 is 0 Å². The molecule has 4 aromatic rings. The lowest BCUT2D eigenvalue weighted by Crippen LogP contribution is -1.90. The van der Waals surface area contributed by atoms with Gasteiger partial charge in [-0.15, -0.1) is 0 Å². The lowest BCUT2D eigenvalue weighted by molar-refractivity contribution is 0.467. The Morgan fingerprint density at radius 1 is 1.05 bits per heavy atom. The van der Waals surface area contributed by atoms with E-state index in [0.717, 1.165) is 34.1 Å². The number of aryl methyl sites for hydroxylation is 1. The Bertz CT molecular complexity index is 945. The third-order valence-electron chi connectivity index (χ3n) is 3.78. The number of para-hydroxylation sites is 1. The number of nitrogens with zero attached hydrogens (tertiary/aromatic N) is 2. The summed E-state index contributed by atoms with van der Waals surface area (Å²) in [5.74, 6) is 1.31. The number of hydrogen-bond donors (Lipinski definition) is 1. The van der Waals surface area contributed by atoms with E-state index in [4.69, 9.17) is 4.74 Å². The number of aromatic nitrogens is 3. The van der Waals surface area contributed by atoms with Crippen LogP contribution in [0, 0.1) is 0 Å². The first-order valence-electron chi connectivity index (χ1n) is 7.33. The van der Waals surface area contributed by atoms with E-state index in [-0.39, 0.29) is 0 Å². The Labute approximate surface area is 127 Å². The molecule has 0 spiro atoms. The maximum Gasteiger partial charge on any atom is 0.247 e. The van der Waals surface area contributed by atoms with E-state index < -0.39 is 0 Å². The molecule has 2 aromatic carbocycles. The van der Waals surface area contributed by atoms with Gasteiger partial charge in [0.15, 0.2) is 0 Å². The van der Waals surface area contributed by atoms with Gasteiger partial charge in [0.25, 0.3) is 0 Å². The van der Waals surface area contributed by atoms with Crippen molar-refractivity contribution in [1.82, 2.24) is 15.0 Å². The lowest BCUT2D eigenvalue weighted by atomic mass is 10.1. The van der Waals surface area contributed by atoms with Crippen molar-refractivity contribution < 1.29 is 4.74 Å². The van der Waals surface area contributed by atoms with Crippen molar-refractivity contribution >= 4 is 21.9 Å². The summed E-state index contributed by atoms with van der Waals surface area (Å²) in [5, 5.41) is 1.11. The summed E-state index contributed by atoms with van der Waals surface area (Å²) in [6.07, 6.45) is 2.55. The van der Waals surface area contributed by atoms with E-state index in [2.05, 4.69) is 40.1 Å². The van der Waals surface area contributed by atoms with Gasteiger partial charge in [0.2, 0.25) is 5.88 Å². The van der Waals surface area contributed by atoms with Crippen LogP contribution in [0.4, 0.5) is 0 Å². The van der Waals surface area contributed by atoms with Crippen LogP contribution in [-0.2, 0) is 6.42 Å². The van der Waals surface area contributed by atoms with Crippen LogP contribution in [0.3, 0.4) is 0 Å². The molecular weight excluding hydrogens is 274 g/mol. The normalized spacial score (nSPS) is 11.1. The lowest BCUT2D eigenvalue weighted by Gasteiger charge is -2.04. The Morgan fingerprint density at radius 3 is 2.73 bits per heavy atom. The number of rotatable bonds is 3. The van der Waals surface area contributed by atoms with Gasteiger partial charge >= 0.3 is 0 Å². The molecule has 2 aromatic heterocycles. The highest BCUT2D eigenvalue weighted by atomic mass is 16.5. The van der Waals surface area contributed by atoms with Crippen molar-refractivity contribution in [3.8, 4) is 11.6 Å². The van der Waals surface area contributed by atoms with Gasteiger partial charge in [0, 0.05) is 10.9 Å². The standard InChI is InChI=1S/C18H15N3O/c1-2-12-8-9-15-14(10-12)16-17(21-15)18(20-11-19-16)22-13-6-4-3-5-7-13/h3-11,21H,2H2,1H3. The molecule has 0 atom stereocenters. The van der Waals surface area contributed by atoms with Crippen molar-refractivity contribution in [3.63, 3.8) is 0 Å². The van der Waals surface area contributed by atoms with E-state index in [9.17, 15) is 0 Å². The summed E-state index contributed by atoms with van der Waals surface area (Å²) < 4.78 is 5.90. The van der Waals surface area contributed by atoms with Crippen LogP contribution in [0.15, 0.2) is 54.9 Å². The van der Waals surface area contributed by atoms with Gasteiger partial charge < -0.3 is 9.72 Å². The summed E-state index contributed by atoms with van der Waals surface area (Å²) in [6, 6.07) is 16.0. The SMILES string of the molecule is CCc1ccc2[nH]c3c(Oc4ccccc4)ncnc3c2c1. The van der Waals surface area contributed by atoms with Crippen molar-refractivity contribution in [2.45, 2.75) is 13.3 Å². The number of ether oxygens (including phenoxy) is 1. The number of aromatic amines is 1. The smallest absolute Gasteiger partial charge is 0.247 e. The average molecular weight is 289 g/mol. The molecule has 0 unspecified atom stereocenters. The molecule has 0 radical (unpaired) electrons. The summed E-state index contributed by atoms with van der Waals surface area (Å²) in [7, 11) is 0. The molecule has 0 fully saturated rings. The van der Waals surface area contributed by atoms with Crippen LogP contribution in [-0.4, -0.2) is 15.0 Å². The number of benzene rings is 2. The number of fused-ring (bicyclic) bond motifs is 3. The van der Waals surface area contributed by atoms with Crippen molar-refractivity contribution in [2.75, 3.05) is 0 Å². The number of H-pyrrole nitrogens is 1. The predicted molar refractivity (Wildman–Crippen MR) is 87.3 cm³/mol. The zero-order valence-corrected chi connectivity index (χ0v) is 12.2. The van der Waals surface area contributed by atoms with Gasteiger partial charge in [-0.3, -0.25) is 0 Å². The molecule has 1 N–H and O–H groups in total. The second-order valence-corrected chi connectivity index (χ2v) is 5.18. The fourth-order valence-corrected chi connectivity index (χ4v) is 2.61. The highest BCUT2D eigenvalue weighted by molar-refractivity contribution is 6.06. The monoisotopic (exact) mass is 289 g/mol. The fraction of sp³-hybridized carbons (Fsp3) is 0.111. The largest absolute Gasteiger partial charge is 0.437 e. The molecule has 0 saturated carbocycles. The van der Waals surface area contributed by atoms with Crippen LogP contribution >= 0.6 is 0 Å². The molecule has 0 aliphatic rings. The highest BCUT2D eigenvalue weighted by Gasteiger charge is 2.12. The summed E-state index contributed by atoms with van der Waals surface area (Å²) in [5.41, 5.74) is 4.06. The zero-order valence-electron chi connectivity index (χ0n) is 12.2. The van der Waals surface area contributed by atoms with Crippen LogP contribution in [0.5, 0.6) is 11.6 Å². The first-order chi connectivity index (χ1) is 10.8. The Morgan fingerprint density at radius 2 is 1.91 bits per heavy atom. The summed E-state index contributed by atoms with van der Waals surface area (Å²) in [4.78, 5) is 12.1. The number of hydrogen-bond acceptors (Lipinski definition) is 3. The maximum absolute atomic E-state index is 5.90. The van der Waals surface area contributed by atoms with Gasteiger partial charge in [-0.1, -0.05) is 31.2 Å². The molecule has 0 saturated heterocycles. The molecule has 108 valence electrons. The fourth-order valence-electron chi connectivity index (χ4n) is 2.61. The average Bonchev–Trinajstić information content (AvgIpc) is 2.95. The first kappa shape index (κ1) is 12.8. The van der Waals surface area contributed by atoms with Crippen LogP contribution < -0.4 is 4.74 Å². The molecular formula is C18H15N3O. The Balaban J connectivity index is 1.89. The third-order valence-corrected chi connectivity index (χ3v) is 3.78. The number of nitrogens with one attached hydrogen (secondary N) is 1. The molecule has 0 amide bonds. The first-order valence-corrected chi connectivity index (χ1v) is 7.33. The molecule has 4 heteroatoms. The topological polar surface area (TPSA) is 50.8 Å². The molecule has 0 aliphatic carbocycles. The third kappa shape index (κ3) is 2.09.